The van der Waals surface area contributed by atoms with Crippen molar-refractivity contribution in [3.05, 3.63) is 71.8 Å². The van der Waals surface area contributed by atoms with Crippen LogP contribution in [-0.2, 0) is 10.2 Å². The molecule has 0 bridgehead atoms. The lowest BCUT2D eigenvalue weighted by molar-refractivity contribution is -0.311. The van der Waals surface area contributed by atoms with Gasteiger partial charge in [-0.05, 0) is 23.9 Å². The van der Waals surface area contributed by atoms with Gasteiger partial charge in [0.25, 0.3) is 0 Å². The van der Waals surface area contributed by atoms with Crippen LogP contribution in [0.2, 0.25) is 0 Å². The molecule has 0 heterocycles. The molecule has 0 N–H and O–H groups in total. The first-order chi connectivity index (χ1) is 9.15. The molecule has 0 unspecified atom stereocenters. The van der Waals surface area contributed by atoms with E-state index in [1.165, 1.54) is 0 Å². The first kappa shape index (κ1) is 15.4. The van der Waals surface area contributed by atoms with Crippen LogP contribution in [0.1, 0.15) is 18.1 Å². The van der Waals surface area contributed by atoms with Gasteiger partial charge in [-0.3, -0.25) is 0 Å². The Morgan fingerprint density at radius 2 is 1.21 bits per heavy atom. The summed E-state index contributed by atoms with van der Waals surface area (Å²) in [6.07, 6.45) is 0. The van der Waals surface area contributed by atoms with E-state index in [1.807, 2.05) is 66.5 Å². The SMILES string of the molecule is CBr.CC(C(=O)[O-])(c1ccccc1)c1ccccc1. The molecule has 0 aliphatic rings. The third kappa shape index (κ3) is 3.24. The van der Waals surface area contributed by atoms with E-state index in [9.17, 15) is 9.90 Å². The second kappa shape index (κ2) is 7.10. The third-order valence-electron chi connectivity index (χ3n) is 3.11. The number of carbonyl (C=O) groups is 1. The molecule has 0 aliphatic carbocycles. The minimum Gasteiger partial charge on any atom is -0.549 e. The lowest BCUT2D eigenvalue weighted by Gasteiger charge is -2.31. The van der Waals surface area contributed by atoms with E-state index in [0.29, 0.717) is 0 Å². The molecule has 0 saturated carbocycles. The minimum atomic E-state index is -1.11. The van der Waals surface area contributed by atoms with Crippen LogP contribution in [0.4, 0.5) is 0 Å². The molecule has 2 rings (SSSR count). The van der Waals surface area contributed by atoms with Gasteiger partial charge in [0.1, 0.15) is 0 Å². The number of hydrogen-bond donors (Lipinski definition) is 0. The summed E-state index contributed by atoms with van der Waals surface area (Å²) in [5, 5.41) is 11.5. The zero-order valence-corrected chi connectivity index (χ0v) is 12.6. The molecule has 0 atom stereocenters. The second-order valence-corrected chi connectivity index (χ2v) is 4.14. The topological polar surface area (TPSA) is 40.1 Å². The molecule has 0 radical (unpaired) electrons. The molecule has 2 nitrogen and oxygen atoms in total. The Morgan fingerprint density at radius 1 is 0.895 bits per heavy atom. The van der Waals surface area contributed by atoms with Crippen LogP contribution in [0.3, 0.4) is 0 Å². The van der Waals surface area contributed by atoms with Crippen LogP contribution < -0.4 is 5.11 Å². The summed E-state index contributed by atoms with van der Waals surface area (Å²) in [4.78, 5) is 11.5. The normalized spacial score (nSPS) is 10.3. The first-order valence-corrected chi connectivity index (χ1v) is 7.44. The van der Waals surface area contributed by atoms with Gasteiger partial charge >= 0.3 is 0 Å². The Kier molecular flexibility index (Phi) is 5.77. The number of hydrogen-bond acceptors (Lipinski definition) is 2. The standard InChI is InChI=1S/C15H14O2.CH3Br/c1-15(14(16)17,12-8-4-2-5-9-12)13-10-6-3-7-11-13;1-2/h2-11H,1H3,(H,16,17);1H3/p-1. The van der Waals surface area contributed by atoms with Crippen LogP contribution >= 0.6 is 15.9 Å². The lowest BCUT2D eigenvalue weighted by atomic mass is 9.76. The van der Waals surface area contributed by atoms with E-state index < -0.39 is 11.4 Å². The molecule has 3 heteroatoms. The molecule has 100 valence electrons. The molecule has 0 aromatic heterocycles. The average Bonchev–Trinajstić information content (AvgIpc) is 2.50. The number of aliphatic carboxylic acids is 1. The maximum atomic E-state index is 11.5. The van der Waals surface area contributed by atoms with Crippen molar-refractivity contribution in [2.45, 2.75) is 12.3 Å². The van der Waals surface area contributed by atoms with Gasteiger partial charge in [0.05, 0.1) is 11.4 Å². The Labute approximate surface area is 122 Å². The zero-order chi connectivity index (χ0) is 14.3. The summed E-state index contributed by atoms with van der Waals surface area (Å²) >= 11 is 2.94. The fraction of sp³-hybridized carbons (Fsp3) is 0.188. The van der Waals surface area contributed by atoms with Gasteiger partial charge in [0, 0.05) is 0 Å². The fourth-order valence-electron chi connectivity index (χ4n) is 1.95. The third-order valence-corrected chi connectivity index (χ3v) is 3.11. The molecule has 0 spiro atoms. The minimum absolute atomic E-state index is 0.728. The lowest BCUT2D eigenvalue weighted by Crippen LogP contribution is -2.44. The molecular weight excluding hydrogens is 304 g/mol. The van der Waals surface area contributed by atoms with Crippen LogP contribution in [0, 0.1) is 0 Å². The summed E-state index contributed by atoms with van der Waals surface area (Å²) in [5.74, 6) is 0.724. The molecule has 2 aromatic carbocycles. The van der Waals surface area contributed by atoms with E-state index in [0.717, 1.165) is 11.1 Å². The fourth-order valence-corrected chi connectivity index (χ4v) is 1.95. The van der Waals surface area contributed by atoms with Crippen molar-refractivity contribution in [2.75, 3.05) is 5.83 Å². The highest BCUT2D eigenvalue weighted by Gasteiger charge is 2.30. The molecule has 0 aliphatic heterocycles. The van der Waals surface area contributed by atoms with Crippen molar-refractivity contribution in [1.29, 1.82) is 0 Å². The molecular formula is C16H16BrO2-. The smallest absolute Gasteiger partial charge is 0.0568 e. The van der Waals surface area contributed by atoms with Crippen LogP contribution in [0.5, 0.6) is 0 Å². The van der Waals surface area contributed by atoms with Crippen molar-refractivity contribution in [2.24, 2.45) is 0 Å². The summed E-state index contributed by atoms with van der Waals surface area (Å²) in [6.45, 7) is 1.67. The Morgan fingerprint density at radius 3 is 1.47 bits per heavy atom. The molecule has 0 amide bonds. The van der Waals surface area contributed by atoms with Crippen molar-refractivity contribution in [3.63, 3.8) is 0 Å². The van der Waals surface area contributed by atoms with E-state index in [4.69, 9.17) is 0 Å². The number of halogens is 1. The summed E-state index contributed by atoms with van der Waals surface area (Å²) in [7, 11) is 0. The predicted molar refractivity (Wildman–Crippen MR) is 79.2 cm³/mol. The summed E-state index contributed by atoms with van der Waals surface area (Å²) in [6, 6.07) is 18.3. The van der Waals surface area contributed by atoms with Crippen molar-refractivity contribution in [3.8, 4) is 0 Å². The summed E-state index contributed by atoms with van der Waals surface area (Å²) < 4.78 is 0. The Bertz CT molecular complexity index is 469. The van der Waals surface area contributed by atoms with Crippen molar-refractivity contribution >= 4 is 21.9 Å². The maximum absolute atomic E-state index is 11.5. The molecule has 0 fully saturated rings. The first-order valence-electron chi connectivity index (χ1n) is 5.86. The van der Waals surface area contributed by atoms with E-state index >= 15 is 0 Å². The van der Waals surface area contributed by atoms with Gasteiger partial charge in [-0.1, -0.05) is 76.6 Å². The van der Waals surface area contributed by atoms with Gasteiger partial charge in [-0.15, -0.1) is 0 Å². The second-order valence-electron chi connectivity index (χ2n) is 4.14. The number of alkyl halides is 1. The largest absolute Gasteiger partial charge is 0.549 e. The molecule has 19 heavy (non-hydrogen) atoms. The maximum Gasteiger partial charge on any atom is 0.0568 e. The van der Waals surface area contributed by atoms with Crippen LogP contribution in [-0.4, -0.2) is 11.8 Å². The van der Waals surface area contributed by atoms with Gasteiger partial charge < -0.3 is 9.90 Å². The van der Waals surface area contributed by atoms with Gasteiger partial charge in [0.15, 0.2) is 0 Å². The number of carboxylic acids is 1. The van der Waals surface area contributed by atoms with Gasteiger partial charge in [0.2, 0.25) is 0 Å². The van der Waals surface area contributed by atoms with Crippen LogP contribution in [0.25, 0.3) is 0 Å². The number of carboxylic acid groups (broad SMARTS) is 1. The van der Waals surface area contributed by atoms with E-state index in [1.54, 1.807) is 6.92 Å². The summed E-state index contributed by atoms with van der Waals surface area (Å²) in [5.41, 5.74) is 0.347. The number of benzene rings is 2. The number of rotatable bonds is 3. The molecule has 0 saturated heterocycles. The highest BCUT2D eigenvalue weighted by molar-refractivity contribution is 9.08. The van der Waals surface area contributed by atoms with Crippen molar-refractivity contribution in [1.82, 2.24) is 0 Å². The quantitative estimate of drug-likeness (QED) is 0.816. The van der Waals surface area contributed by atoms with Gasteiger partial charge in [-0.25, -0.2) is 0 Å². The molecule has 2 aromatic rings. The Balaban J connectivity index is 0.000000861. The average molecular weight is 320 g/mol. The van der Waals surface area contributed by atoms with E-state index in [-0.39, 0.29) is 0 Å². The van der Waals surface area contributed by atoms with Crippen LogP contribution in [0.15, 0.2) is 60.7 Å². The highest BCUT2D eigenvalue weighted by atomic mass is 79.9. The van der Waals surface area contributed by atoms with Gasteiger partial charge in [-0.2, -0.15) is 0 Å². The number of carbonyl (C=O) groups excluding carboxylic acids is 1. The highest BCUT2D eigenvalue weighted by Crippen LogP contribution is 2.31. The van der Waals surface area contributed by atoms with E-state index in [2.05, 4.69) is 15.9 Å². The zero-order valence-electron chi connectivity index (χ0n) is 11.0. The van der Waals surface area contributed by atoms with Crippen molar-refractivity contribution < 1.29 is 9.90 Å². The predicted octanol–water partition coefficient (Wildman–Crippen LogP) is 2.75. The monoisotopic (exact) mass is 319 g/mol. The Hall–Kier alpha value is -1.61.